The molecule has 43 heavy (non-hydrogen) atoms. The lowest BCUT2D eigenvalue weighted by atomic mass is 9.95. The van der Waals surface area contributed by atoms with Crippen molar-refractivity contribution >= 4 is 40.8 Å². The first-order chi connectivity index (χ1) is 20.8. The number of esters is 1. The highest BCUT2D eigenvalue weighted by Crippen LogP contribution is 2.34. The summed E-state index contributed by atoms with van der Waals surface area (Å²) in [5.41, 5.74) is 8.59. The van der Waals surface area contributed by atoms with Crippen LogP contribution in [0.5, 0.6) is 0 Å². The van der Waals surface area contributed by atoms with Crippen LogP contribution < -0.4 is 16.4 Å². The standard InChI is InChI=1S/C31H27ClF2N6O3/c1-2-43-30(42)25(12-13-35)39-29(41)17-6-9-20(10-7-17)38-31-37-16-18-15-36-28(26-23(33)4-3-5-24(26)34)22-14-19(32)8-11-21(22)27(18)40-31/h3-11,14,16,25H,2,12-13,15,35H2,1H3,(H,39,41)(H,37,38,40). The van der Waals surface area contributed by atoms with Crippen LogP contribution in [0.3, 0.4) is 0 Å². The van der Waals surface area contributed by atoms with Crippen LogP contribution in [-0.2, 0) is 16.1 Å². The molecule has 0 spiro atoms. The van der Waals surface area contributed by atoms with Gasteiger partial charge in [-0.3, -0.25) is 9.79 Å². The Bertz CT molecular complexity index is 1690. The minimum absolute atomic E-state index is 0.0891. The molecular formula is C31H27ClF2N6O3. The predicted molar refractivity (Wildman–Crippen MR) is 159 cm³/mol. The van der Waals surface area contributed by atoms with Gasteiger partial charge in [-0.2, -0.15) is 0 Å². The van der Waals surface area contributed by atoms with Gasteiger partial charge in [-0.15, -0.1) is 0 Å². The van der Waals surface area contributed by atoms with Gasteiger partial charge in [0.1, 0.15) is 17.7 Å². The summed E-state index contributed by atoms with van der Waals surface area (Å²) in [7, 11) is 0. The van der Waals surface area contributed by atoms with Gasteiger partial charge in [-0.25, -0.2) is 23.5 Å². The Labute approximate surface area is 251 Å². The number of halogens is 3. The SMILES string of the molecule is CCOC(=O)C(CCN)NC(=O)c1ccc(Nc2ncc3c(n2)-c2ccc(Cl)cc2C(c2c(F)cccc2F)=NC3)cc1. The van der Waals surface area contributed by atoms with Crippen molar-refractivity contribution in [3.63, 3.8) is 0 Å². The van der Waals surface area contributed by atoms with Crippen molar-refractivity contribution in [1.29, 1.82) is 0 Å². The highest BCUT2D eigenvalue weighted by atomic mass is 35.5. The van der Waals surface area contributed by atoms with E-state index >= 15 is 0 Å². The number of anilines is 2. The minimum Gasteiger partial charge on any atom is -0.464 e. The Balaban J connectivity index is 1.39. The molecule has 1 atom stereocenters. The molecule has 0 fully saturated rings. The number of ether oxygens (including phenoxy) is 1. The number of benzene rings is 3. The van der Waals surface area contributed by atoms with Crippen LogP contribution in [0.2, 0.25) is 5.02 Å². The largest absolute Gasteiger partial charge is 0.464 e. The summed E-state index contributed by atoms with van der Waals surface area (Å²) in [6.07, 6.45) is 1.85. The fourth-order valence-corrected chi connectivity index (χ4v) is 4.83. The van der Waals surface area contributed by atoms with Gasteiger partial charge < -0.3 is 21.1 Å². The number of aromatic nitrogens is 2. The smallest absolute Gasteiger partial charge is 0.328 e. The minimum atomic E-state index is -0.847. The molecule has 1 aliphatic rings. The Kier molecular flexibility index (Phi) is 9.03. The van der Waals surface area contributed by atoms with E-state index in [1.54, 1.807) is 55.6 Å². The van der Waals surface area contributed by atoms with E-state index in [9.17, 15) is 18.4 Å². The lowest BCUT2D eigenvalue weighted by Crippen LogP contribution is -2.43. The summed E-state index contributed by atoms with van der Waals surface area (Å²) >= 11 is 6.29. The molecule has 0 saturated carbocycles. The van der Waals surface area contributed by atoms with E-state index in [0.717, 1.165) is 0 Å². The number of rotatable bonds is 9. The molecule has 9 nitrogen and oxygen atoms in total. The summed E-state index contributed by atoms with van der Waals surface area (Å²) < 4.78 is 34.6. The van der Waals surface area contributed by atoms with Gasteiger partial charge in [0.05, 0.1) is 30.1 Å². The summed E-state index contributed by atoms with van der Waals surface area (Å²) in [4.78, 5) is 38.5. The van der Waals surface area contributed by atoms with E-state index < -0.39 is 29.6 Å². The number of aliphatic imine (C=N–C) groups is 1. The maximum atomic E-state index is 14.8. The first-order valence-electron chi connectivity index (χ1n) is 13.5. The fraction of sp³-hybridized carbons (Fsp3) is 0.194. The highest BCUT2D eigenvalue weighted by molar-refractivity contribution is 6.31. The molecule has 0 saturated heterocycles. The summed E-state index contributed by atoms with van der Waals surface area (Å²) in [6.45, 7) is 2.17. The Morgan fingerprint density at radius 3 is 2.51 bits per heavy atom. The van der Waals surface area contributed by atoms with E-state index in [2.05, 4.69) is 20.6 Å². The van der Waals surface area contributed by atoms with Crippen LogP contribution in [0.1, 0.15) is 40.4 Å². The van der Waals surface area contributed by atoms with E-state index in [1.807, 2.05) is 0 Å². The molecule has 4 aromatic rings. The summed E-state index contributed by atoms with van der Waals surface area (Å²) in [6, 6.07) is 14.3. The molecule has 5 rings (SSSR count). The van der Waals surface area contributed by atoms with Crippen molar-refractivity contribution < 1.29 is 23.1 Å². The van der Waals surface area contributed by atoms with E-state index in [0.29, 0.717) is 38.7 Å². The maximum absolute atomic E-state index is 14.8. The topological polar surface area (TPSA) is 132 Å². The monoisotopic (exact) mass is 604 g/mol. The second-order valence-electron chi connectivity index (χ2n) is 9.58. The molecular weight excluding hydrogens is 578 g/mol. The summed E-state index contributed by atoms with van der Waals surface area (Å²) in [5, 5.41) is 6.14. The van der Waals surface area contributed by atoms with Gasteiger partial charge >= 0.3 is 5.97 Å². The molecule has 2 heterocycles. The van der Waals surface area contributed by atoms with Gasteiger partial charge in [-0.1, -0.05) is 23.7 Å². The molecule has 0 bridgehead atoms. The first-order valence-corrected chi connectivity index (χ1v) is 13.9. The van der Waals surface area contributed by atoms with Gasteiger partial charge in [0.15, 0.2) is 0 Å². The molecule has 3 aromatic carbocycles. The number of fused-ring (bicyclic) bond motifs is 3. The Morgan fingerprint density at radius 2 is 1.81 bits per heavy atom. The van der Waals surface area contributed by atoms with Gasteiger partial charge in [-0.05, 0) is 68.4 Å². The van der Waals surface area contributed by atoms with Crippen molar-refractivity contribution in [2.45, 2.75) is 25.9 Å². The van der Waals surface area contributed by atoms with E-state index in [4.69, 9.17) is 27.1 Å². The fourth-order valence-electron chi connectivity index (χ4n) is 4.66. The number of carbonyl (C=O) groups is 2. The molecule has 1 amide bonds. The zero-order chi connectivity index (χ0) is 30.5. The van der Waals surface area contributed by atoms with Crippen molar-refractivity contribution in [2.24, 2.45) is 10.7 Å². The number of nitrogens with one attached hydrogen (secondary N) is 2. The maximum Gasteiger partial charge on any atom is 0.328 e. The number of nitrogens with two attached hydrogens (primary N) is 1. The lowest BCUT2D eigenvalue weighted by Gasteiger charge is -2.16. The molecule has 1 unspecified atom stereocenters. The van der Waals surface area contributed by atoms with Gasteiger partial charge in [0, 0.05) is 39.2 Å². The summed E-state index contributed by atoms with van der Waals surface area (Å²) in [5.74, 6) is -2.21. The Morgan fingerprint density at radius 1 is 1.07 bits per heavy atom. The molecule has 0 radical (unpaired) electrons. The Hall–Kier alpha value is -4.74. The van der Waals surface area contributed by atoms with Crippen LogP contribution >= 0.6 is 11.6 Å². The van der Waals surface area contributed by atoms with Crippen molar-refractivity contribution in [2.75, 3.05) is 18.5 Å². The highest BCUT2D eigenvalue weighted by Gasteiger charge is 2.25. The zero-order valence-electron chi connectivity index (χ0n) is 23.0. The number of hydrogen-bond acceptors (Lipinski definition) is 8. The third-order valence-corrected chi connectivity index (χ3v) is 6.93. The van der Waals surface area contributed by atoms with Gasteiger partial charge in [0.2, 0.25) is 5.95 Å². The number of carbonyl (C=O) groups excluding carboxylic acids is 2. The number of hydrogen-bond donors (Lipinski definition) is 3. The number of amides is 1. The van der Waals surface area contributed by atoms with Crippen LogP contribution in [0.25, 0.3) is 11.3 Å². The quantitative estimate of drug-likeness (QED) is 0.224. The van der Waals surface area contributed by atoms with Crippen molar-refractivity contribution in [1.82, 2.24) is 15.3 Å². The second-order valence-corrected chi connectivity index (χ2v) is 10.0. The lowest BCUT2D eigenvalue weighted by molar-refractivity contribution is -0.145. The predicted octanol–water partition coefficient (Wildman–Crippen LogP) is 5.18. The van der Waals surface area contributed by atoms with Crippen LogP contribution in [0, 0.1) is 11.6 Å². The van der Waals surface area contributed by atoms with Crippen LogP contribution in [0.15, 0.2) is 71.9 Å². The number of nitrogens with zero attached hydrogens (tertiary/aromatic N) is 3. The normalized spacial score (nSPS) is 12.7. The average Bonchev–Trinajstić information content (AvgIpc) is 3.14. The molecule has 0 aliphatic carbocycles. The molecule has 1 aliphatic heterocycles. The van der Waals surface area contributed by atoms with E-state index in [1.165, 1.54) is 18.2 Å². The van der Waals surface area contributed by atoms with Crippen LogP contribution in [-0.4, -0.2) is 46.7 Å². The third-order valence-electron chi connectivity index (χ3n) is 6.70. The van der Waals surface area contributed by atoms with Gasteiger partial charge in [0.25, 0.3) is 5.91 Å². The molecule has 220 valence electrons. The van der Waals surface area contributed by atoms with Crippen molar-refractivity contribution in [3.05, 3.63) is 106 Å². The average molecular weight is 605 g/mol. The molecule has 4 N–H and O–H groups in total. The zero-order valence-corrected chi connectivity index (χ0v) is 23.8. The third kappa shape index (κ3) is 6.52. The first kappa shape index (κ1) is 29.7. The van der Waals surface area contributed by atoms with Crippen LogP contribution in [0.4, 0.5) is 20.4 Å². The molecule has 1 aromatic heterocycles. The second kappa shape index (κ2) is 13.1. The molecule has 12 heteroatoms. The van der Waals surface area contributed by atoms with E-state index in [-0.39, 0.29) is 43.3 Å². The van der Waals surface area contributed by atoms with Crippen molar-refractivity contribution in [3.8, 4) is 11.3 Å².